The largest absolute Gasteiger partial charge is 0.350 e. The molecule has 5 nitrogen and oxygen atoms in total. The standard InChI is InChI=1S/C19H15ClF2N4O/c20-13-3-1-12(2-4-13)7-9-23-18(27)17-8-10-24-19(26-17)25-14-5-6-15(21)16(22)11-14/h1-6,8,10-11H,7,9H2,(H,23,27)(H,24,25,26). The number of carbonyl (C=O) groups is 1. The molecule has 8 heteroatoms. The monoisotopic (exact) mass is 388 g/mol. The van der Waals surface area contributed by atoms with Gasteiger partial charge in [-0.1, -0.05) is 23.7 Å². The third-order valence-corrected chi connectivity index (χ3v) is 3.93. The van der Waals surface area contributed by atoms with Crippen molar-refractivity contribution in [2.75, 3.05) is 11.9 Å². The second-order valence-corrected chi connectivity index (χ2v) is 6.09. The van der Waals surface area contributed by atoms with Crippen LogP contribution in [0.25, 0.3) is 0 Å². The van der Waals surface area contributed by atoms with E-state index in [4.69, 9.17) is 11.6 Å². The van der Waals surface area contributed by atoms with Gasteiger partial charge in [-0.3, -0.25) is 4.79 Å². The van der Waals surface area contributed by atoms with Gasteiger partial charge in [0.2, 0.25) is 5.95 Å². The maximum atomic E-state index is 13.3. The van der Waals surface area contributed by atoms with E-state index >= 15 is 0 Å². The summed E-state index contributed by atoms with van der Waals surface area (Å²) in [4.78, 5) is 20.3. The van der Waals surface area contributed by atoms with Gasteiger partial charge in [0.15, 0.2) is 11.6 Å². The van der Waals surface area contributed by atoms with Gasteiger partial charge in [-0.25, -0.2) is 18.7 Å². The minimum Gasteiger partial charge on any atom is -0.350 e. The molecule has 1 aromatic heterocycles. The molecule has 3 rings (SSSR count). The Labute approximate surface area is 159 Å². The van der Waals surface area contributed by atoms with E-state index in [1.165, 1.54) is 18.3 Å². The quantitative estimate of drug-likeness (QED) is 0.666. The molecule has 0 saturated carbocycles. The van der Waals surface area contributed by atoms with Crippen molar-refractivity contribution in [1.82, 2.24) is 15.3 Å². The zero-order valence-corrected chi connectivity index (χ0v) is 14.8. The van der Waals surface area contributed by atoms with E-state index in [-0.39, 0.29) is 23.2 Å². The predicted molar refractivity (Wildman–Crippen MR) is 99.2 cm³/mol. The topological polar surface area (TPSA) is 66.9 Å². The summed E-state index contributed by atoms with van der Waals surface area (Å²) in [6.45, 7) is 0.427. The van der Waals surface area contributed by atoms with Crippen LogP contribution in [-0.2, 0) is 6.42 Å². The summed E-state index contributed by atoms with van der Waals surface area (Å²) in [5, 5.41) is 6.16. The molecule has 0 unspecified atom stereocenters. The fourth-order valence-corrected chi connectivity index (χ4v) is 2.44. The van der Waals surface area contributed by atoms with Gasteiger partial charge in [-0.15, -0.1) is 0 Å². The lowest BCUT2D eigenvalue weighted by Gasteiger charge is -2.08. The molecule has 0 fully saturated rings. The van der Waals surface area contributed by atoms with E-state index in [1.54, 1.807) is 12.1 Å². The summed E-state index contributed by atoms with van der Waals surface area (Å²) < 4.78 is 26.2. The molecular weight excluding hydrogens is 374 g/mol. The van der Waals surface area contributed by atoms with Gasteiger partial charge in [0.25, 0.3) is 5.91 Å². The second kappa shape index (κ2) is 8.55. The number of hydrogen-bond acceptors (Lipinski definition) is 4. The maximum absolute atomic E-state index is 13.3. The number of benzene rings is 2. The molecule has 0 aliphatic heterocycles. The van der Waals surface area contributed by atoms with Crippen molar-refractivity contribution in [3.05, 3.63) is 82.6 Å². The Balaban J connectivity index is 1.59. The Bertz CT molecular complexity index is 951. The van der Waals surface area contributed by atoms with Crippen molar-refractivity contribution in [2.24, 2.45) is 0 Å². The van der Waals surface area contributed by atoms with Crippen LogP contribution in [0.2, 0.25) is 5.02 Å². The molecule has 1 amide bonds. The Morgan fingerprint density at radius 3 is 2.56 bits per heavy atom. The Kier molecular flexibility index (Phi) is 5.93. The Hall–Kier alpha value is -3.06. The molecule has 0 saturated heterocycles. The fraction of sp³-hybridized carbons (Fsp3) is 0.105. The third kappa shape index (κ3) is 5.21. The molecule has 27 heavy (non-hydrogen) atoms. The molecule has 0 aliphatic carbocycles. The van der Waals surface area contributed by atoms with Crippen LogP contribution in [0.1, 0.15) is 16.1 Å². The van der Waals surface area contributed by atoms with Crippen molar-refractivity contribution in [2.45, 2.75) is 6.42 Å². The van der Waals surface area contributed by atoms with Gasteiger partial charge in [-0.05, 0) is 42.3 Å². The summed E-state index contributed by atoms with van der Waals surface area (Å²) >= 11 is 5.84. The lowest BCUT2D eigenvalue weighted by molar-refractivity contribution is 0.0949. The highest BCUT2D eigenvalue weighted by Crippen LogP contribution is 2.16. The van der Waals surface area contributed by atoms with E-state index in [1.807, 2.05) is 12.1 Å². The summed E-state index contributed by atoms with van der Waals surface area (Å²) in [5.74, 6) is -2.20. The minimum absolute atomic E-state index is 0.103. The molecule has 138 valence electrons. The molecule has 0 aliphatic rings. The number of nitrogens with one attached hydrogen (secondary N) is 2. The van der Waals surface area contributed by atoms with Crippen LogP contribution in [0.4, 0.5) is 20.4 Å². The van der Waals surface area contributed by atoms with Gasteiger partial charge in [0.05, 0.1) is 0 Å². The van der Waals surface area contributed by atoms with Crippen LogP contribution in [0.15, 0.2) is 54.7 Å². The summed E-state index contributed by atoms with van der Waals surface area (Å²) in [5.41, 5.74) is 1.48. The number of amides is 1. The fourth-order valence-electron chi connectivity index (χ4n) is 2.31. The zero-order chi connectivity index (χ0) is 19.2. The van der Waals surface area contributed by atoms with Gasteiger partial charge in [0, 0.05) is 29.5 Å². The molecule has 2 N–H and O–H groups in total. The first-order valence-corrected chi connectivity index (χ1v) is 8.47. The van der Waals surface area contributed by atoms with E-state index < -0.39 is 11.6 Å². The highest BCUT2D eigenvalue weighted by molar-refractivity contribution is 6.30. The molecule has 0 atom stereocenters. The minimum atomic E-state index is -0.990. The van der Waals surface area contributed by atoms with Crippen LogP contribution in [0.5, 0.6) is 0 Å². The molecule has 0 radical (unpaired) electrons. The highest BCUT2D eigenvalue weighted by Gasteiger charge is 2.09. The van der Waals surface area contributed by atoms with Crippen molar-refractivity contribution < 1.29 is 13.6 Å². The normalized spacial score (nSPS) is 10.5. The molecule has 2 aromatic carbocycles. The van der Waals surface area contributed by atoms with Gasteiger partial charge in [0.1, 0.15) is 5.69 Å². The molecule has 1 heterocycles. The molecule has 0 spiro atoms. The van der Waals surface area contributed by atoms with E-state index in [9.17, 15) is 13.6 Å². The average molecular weight is 389 g/mol. The summed E-state index contributed by atoms with van der Waals surface area (Å²) in [6, 6.07) is 12.2. The number of hydrogen-bond donors (Lipinski definition) is 2. The number of carbonyl (C=O) groups excluding carboxylic acids is 1. The number of halogens is 3. The maximum Gasteiger partial charge on any atom is 0.270 e. The zero-order valence-electron chi connectivity index (χ0n) is 14.0. The van der Waals surface area contributed by atoms with Crippen LogP contribution >= 0.6 is 11.6 Å². The summed E-state index contributed by atoms with van der Waals surface area (Å²) in [7, 11) is 0. The van der Waals surface area contributed by atoms with Crippen LogP contribution in [0, 0.1) is 11.6 Å². The Morgan fingerprint density at radius 2 is 1.81 bits per heavy atom. The average Bonchev–Trinajstić information content (AvgIpc) is 2.66. The lowest BCUT2D eigenvalue weighted by Crippen LogP contribution is -2.26. The molecular formula is C19H15ClF2N4O. The number of anilines is 2. The highest BCUT2D eigenvalue weighted by atomic mass is 35.5. The van der Waals surface area contributed by atoms with Gasteiger partial charge < -0.3 is 10.6 Å². The summed E-state index contributed by atoms with van der Waals surface area (Å²) in [6.07, 6.45) is 2.05. The van der Waals surface area contributed by atoms with Gasteiger partial charge in [-0.2, -0.15) is 0 Å². The molecule has 3 aromatic rings. The number of aromatic nitrogens is 2. The van der Waals surface area contributed by atoms with Crippen molar-refractivity contribution in [3.8, 4) is 0 Å². The van der Waals surface area contributed by atoms with E-state index in [0.717, 1.165) is 17.7 Å². The van der Waals surface area contributed by atoms with E-state index in [2.05, 4.69) is 20.6 Å². The molecule has 0 bridgehead atoms. The van der Waals surface area contributed by atoms with Crippen molar-refractivity contribution in [1.29, 1.82) is 0 Å². The first kappa shape index (κ1) is 18.7. The predicted octanol–water partition coefficient (Wildman–Crippen LogP) is 4.12. The SMILES string of the molecule is O=C(NCCc1ccc(Cl)cc1)c1ccnc(Nc2ccc(F)c(F)c2)n1. The first-order valence-electron chi connectivity index (χ1n) is 8.09. The van der Waals surface area contributed by atoms with Crippen molar-refractivity contribution >= 4 is 29.1 Å². The smallest absolute Gasteiger partial charge is 0.270 e. The first-order chi connectivity index (χ1) is 13.0. The number of nitrogens with zero attached hydrogens (tertiary/aromatic N) is 2. The second-order valence-electron chi connectivity index (χ2n) is 5.65. The van der Waals surface area contributed by atoms with Gasteiger partial charge >= 0.3 is 0 Å². The van der Waals surface area contributed by atoms with E-state index in [0.29, 0.717) is 18.0 Å². The number of rotatable bonds is 6. The van der Waals surface area contributed by atoms with Crippen LogP contribution in [-0.4, -0.2) is 22.4 Å². The van der Waals surface area contributed by atoms with Crippen LogP contribution < -0.4 is 10.6 Å². The Morgan fingerprint density at radius 1 is 1.04 bits per heavy atom. The third-order valence-electron chi connectivity index (χ3n) is 3.68. The lowest BCUT2D eigenvalue weighted by atomic mass is 10.1. The van der Waals surface area contributed by atoms with Crippen LogP contribution in [0.3, 0.4) is 0 Å². The van der Waals surface area contributed by atoms with Crippen molar-refractivity contribution in [3.63, 3.8) is 0 Å².